The van der Waals surface area contributed by atoms with Crippen LogP contribution in [0, 0.1) is 0 Å². The molecule has 214 valence electrons. The third-order valence-corrected chi connectivity index (χ3v) is 9.43. The van der Waals surface area contributed by atoms with Gasteiger partial charge in [-0.2, -0.15) is 0 Å². The molecule has 0 aliphatic carbocycles. The molecule has 0 unspecified atom stereocenters. The number of rotatable bonds is 4. The third-order valence-electron chi connectivity index (χ3n) is 9.43. The molecular weight excluding hydrogens is 553 g/mol. The molecule has 0 fully saturated rings. The van der Waals surface area contributed by atoms with E-state index in [1.807, 2.05) is 0 Å². The van der Waals surface area contributed by atoms with Gasteiger partial charge in [-0.25, -0.2) is 0 Å². The molecule has 0 aromatic heterocycles. The second kappa shape index (κ2) is 10.9. The summed E-state index contributed by atoms with van der Waals surface area (Å²) >= 11 is 0. The molecule has 0 saturated heterocycles. The Labute approximate surface area is 268 Å². The summed E-state index contributed by atoms with van der Waals surface area (Å²) in [7, 11) is 0. The fraction of sp³-hybridized carbons (Fsp3) is 0. The van der Waals surface area contributed by atoms with Crippen LogP contribution in [0.4, 0.5) is 0 Å². The van der Waals surface area contributed by atoms with Crippen LogP contribution >= 0.6 is 0 Å². The van der Waals surface area contributed by atoms with E-state index < -0.39 is 0 Å². The first-order valence-corrected chi connectivity index (χ1v) is 15.9. The van der Waals surface area contributed by atoms with Gasteiger partial charge in [-0.3, -0.25) is 0 Å². The zero-order valence-electron chi connectivity index (χ0n) is 25.3. The van der Waals surface area contributed by atoms with Gasteiger partial charge < -0.3 is 0 Å². The molecule has 9 aromatic rings. The van der Waals surface area contributed by atoms with E-state index in [1.54, 1.807) is 0 Å². The highest BCUT2D eigenvalue weighted by molar-refractivity contribution is 6.22. The van der Waals surface area contributed by atoms with E-state index in [0.717, 1.165) is 0 Å². The highest BCUT2D eigenvalue weighted by Crippen LogP contribution is 2.45. The molecule has 0 aliphatic heterocycles. The third kappa shape index (κ3) is 4.47. The lowest BCUT2D eigenvalue weighted by atomic mass is 9.84. The van der Waals surface area contributed by atoms with Gasteiger partial charge in [-0.05, 0) is 106 Å². The number of hydrogen-bond donors (Lipinski definition) is 0. The molecular formula is C46H30. The second-order valence-electron chi connectivity index (χ2n) is 12.1. The maximum Gasteiger partial charge on any atom is -0.00261 e. The molecule has 0 radical (unpaired) electrons. The van der Waals surface area contributed by atoms with Crippen LogP contribution in [0.5, 0.6) is 0 Å². The summed E-state index contributed by atoms with van der Waals surface area (Å²) in [5, 5.41) is 10.1. The van der Waals surface area contributed by atoms with Crippen molar-refractivity contribution in [1.29, 1.82) is 0 Å². The minimum Gasteiger partial charge on any atom is -0.0622 e. The number of fused-ring (bicyclic) bond motifs is 4. The van der Waals surface area contributed by atoms with Gasteiger partial charge in [0.1, 0.15) is 0 Å². The standard InChI is InChI=1S/C46H30/c1-2-10-31(11-3-1)39-26-27-43-44(30-39)45(35-22-18-34(19-23-35)38-24-20-32-12-4-6-14-36(32)28-38)41-16-8-9-17-42(41)46(43)40-25-21-33-13-5-7-15-37(33)29-40/h1-30H. The first kappa shape index (κ1) is 26.4. The molecule has 0 bridgehead atoms. The quantitative estimate of drug-likeness (QED) is 0.181. The summed E-state index contributed by atoms with van der Waals surface area (Å²) in [6.07, 6.45) is 0. The van der Waals surface area contributed by atoms with Crippen molar-refractivity contribution in [2.24, 2.45) is 0 Å². The van der Waals surface area contributed by atoms with Gasteiger partial charge in [0.15, 0.2) is 0 Å². The van der Waals surface area contributed by atoms with Gasteiger partial charge in [-0.1, -0.05) is 164 Å². The van der Waals surface area contributed by atoms with E-state index in [1.165, 1.54) is 87.6 Å². The Morgan fingerprint density at radius 1 is 0.196 bits per heavy atom. The van der Waals surface area contributed by atoms with Crippen LogP contribution in [0.3, 0.4) is 0 Å². The van der Waals surface area contributed by atoms with Crippen LogP contribution in [-0.4, -0.2) is 0 Å². The minimum absolute atomic E-state index is 1.22. The summed E-state index contributed by atoms with van der Waals surface area (Å²) in [6, 6.07) is 66.6. The SMILES string of the molecule is c1ccc(-c2ccc3c(-c4ccc5ccccc5c4)c4ccccc4c(-c4ccc(-c5ccc6ccccc6c5)cc4)c3c2)cc1. The van der Waals surface area contributed by atoms with Crippen LogP contribution in [0.1, 0.15) is 0 Å². The molecule has 0 aliphatic rings. The molecule has 0 nitrogen and oxygen atoms in total. The lowest BCUT2D eigenvalue weighted by Gasteiger charge is -2.19. The predicted octanol–water partition coefficient (Wildman–Crippen LogP) is 13.0. The predicted molar refractivity (Wildman–Crippen MR) is 198 cm³/mol. The van der Waals surface area contributed by atoms with E-state index in [4.69, 9.17) is 0 Å². The first-order valence-electron chi connectivity index (χ1n) is 15.9. The smallest absolute Gasteiger partial charge is 0.00261 e. The van der Waals surface area contributed by atoms with Gasteiger partial charge in [0.05, 0.1) is 0 Å². The molecule has 9 rings (SSSR count). The number of hydrogen-bond acceptors (Lipinski definition) is 0. The summed E-state index contributed by atoms with van der Waals surface area (Å²) in [5.74, 6) is 0. The first-order chi connectivity index (χ1) is 22.8. The van der Waals surface area contributed by atoms with Crippen molar-refractivity contribution in [2.45, 2.75) is 0 Å². The van der Waals surface area contributed by atoms with E-state index in [-0.39, 0.29) is 0 Å². The van der Waals surface area contributed by atoms with Crippen LogP contribution in [0.25, 0.3) is 87.6 Å². The summed E-state index contributed by atoms with van der Waals surface area (Å²) in [4.78, 5) is 0. The summed E-state index contributed by atoms with van der Waals surface area (Å²) in [5.41, 5.74) is 9.93. The molecule has 0 saturated carbocycles. The van der Waals surface area contributed by atoms with E-state index in [9.17, 15) is 0 Å². The fourth-order valence-electron chi connectivity index (χ4n) is 7.15. The van der Waals surface area contributed by atoms with Crippen molar-refractivity contribution < 1.29 is 0 Å². The zero-order chi connectivity index (χ0) is 30.5. The molecule has 0 N–H and O–H groups in total. The van der Waals surface area contributed by atoms with Crippen LogP contribution < -0.4 is 0 Å². The normalized spacial score (nSPS) is 11.5. The Balaban J connectivity index is 1.30. The fourth-order valence-corrected chi connectivity index (χ4v) is 7.15. The molecule has 0 atom stereocenters. The Morgan fingerprint density at radius 2 is 0.609 bits per heavy atom. The molecule has 0 spiro atoms. The molecule has 0 heterocycles. The van der Waals surface area contributed by atoms with Gasteiger partial charge in [0, 0.05) is 0 Å². The minimum atomic E-state index is 1.22. The molecule has 0 amide bonds. The Hall–Kier alpha value is -5.98. The Morgan fingerprint density at radius 3 is 1.28 bits per heavy atom. The topological polar surface area (TPSA) is 0 Å². The van der Waals surface area contributed by atoms with Crippen molar-refractivity contribution in [3.63, 3.8) is 0 Å². The Bertz CT molecular complexity index is 2560. The van der Waals surface area contributed by atoms with Crippen molar-refractivity contribution in [2.75, 3.05) is 0 Å². The highest BCUT2D eigenvalue weighted by atomic mass is 14.2. The van der Waals surface area contributed by atoms with Crippen molar-refractivity contribution in [1.82, 2.24) is 0 Å². The van der Waals surface area contributed by atoms with Crippen LogP contribution in [0.2, 0.25) is 0 Å². The van der Waals surface area contributed by atoms with E-state index >= 15 is 0 Å². The van der Waals surface area contributed by atoms with Crippen molar-refractivity contribution >= 4 is 43.1 Å². The van der Waals surface area contributed by atoms with Gasteiger partial charge in [0.25, 0.3) is 0 Å². The van der Waals surface area contributed by atoms with Gasteiger partial charge >= 0.3 is 0 Å². The molecule has 0 heteroatoms. The maximum atomic E-state index is 2.40. The van der Waals surface area contributed by atoms with Crippen molar-refractivity contribution in [3.8, 4) is 44.5 Å². The molecule has 46 heavy (non-hydrogen) atoms. The van der Waals surface area contributed by atoms with E-state index in [0.29, 0.717) is 0 Å². The van der Waals surface area contributed by atoms with Crippen molar-refractivity contribution in [3.05, 3.63) is 182 Å². The largest absolute Gasteiger partial charge is 0.0622 e. The maximum absolute atomic E-state index is 2.40. The van der Waals surface area contributed by atoms with Crippen LogP contribution in [-0.2, 0) is 0 Å². The van der Waals surface area contributed by atoms with Gasteiger partial charge in [-0.15, -0.1) is 0 Å². The summed E-state index contributed by atoms with van der Waals surface area (Å²) < 4.78 is 0. The Kier molecular flexibility index (Phi) is 6.25. The average Bonchev–Trinajstić information content (AvgIpc) is 3.13. The summed E-state index contributed by atoms with van der Waals surface area (Å²) in [6.45, 7) is 0. The van der Waals surface area contributed by atoms with E-state index in [2.05, 4.69) is 182 Å². The lowest BCUT2D eigenvalue weighted by molar-refractivity contribution is 1.62. The van der Waals surface area contributed by atoms with Gasteiger partial charge in [0.2, 0.25) is 0 Å². The zero-order valence-corrected chi connectivity index (χ0v) is 25.3. The van der Waals surface area contributed by atoms with Crippen LogP contribution in [0.15, 0.2) is 182 Å². The average molecular weight is 583 g/mol. The highest BCUT2D eigenvalue weighted by Gasteiger charge is 2.18. The molecule has 9 aromatic carbocycles. The number of benzene rings is 9. The monoisotopic (exact) mass is 582 g/mol. The second-order valence-corrected chi connectivity index (χ2v) is 12.1. The lowest BCUT2D eigenvalue weighted by Crippen LogP contribution is -1.92.